The summed E-state index contributed by atoms with van der Waals surface area (Å²) in [5.41, 5.74) is 2.14. The summed E-state index contributed by atoms with van der Waals surface area (Å²) in [6.07, 6.45) is 3.60. The number of ether oxygens (including phenoxy) is 1. The van der Waals surface area contributed by atoms with Crippen molar-refractivity contribution >= 4 is 0 Å². The second kappa shape index (κ2) is 6.52. The lowest BCUT2D eigenvalue weighted by Crippen LogP contribution is -2.36. The smallest absolute Gasteiger partial charge is 0.275 e. The highest BCUT2D eigenvalue weighted by Gasteiger charge is 2.62. The van der Waals surface area contributed by atoms with Crippen molar-refractivity contribution in [2.75, 3.05) is 7.11 Å². The third kappa shape index (κ3) is 2.58. The molecule has 162 valence electrons. The quantitative estimate of drug-likeness (QED) is 0.617. The van der Waals surface area contributed by atoms with Gasteiger partial charge in [-0.25, -0.2) is 18.4 Å². The van der Waals surface area contributed by atoms with Gasteiger partial charge in [-0.05, 0) is 41.9 Å². The van der Waals surface area contributed by atoms with Crippen LogP contribution in [0, 0.1) is 17.0 Å². The van der Waals surface area contributed by atoms with Crippen LogP contribution in [0.4, 0.5) is 8.78 Å². The van der Waals surface area contributed by atoms with Gasteiger partial charge in [-0.2, -0.15) is 0 Å². The SMILES string of the molecule is COc1ccc(Cn2c3c(c(=O)n2-c2ccc(F)cc2F)[C@@H]2CC[C@@]3(C)C2(C)C)cn1. The number of pyridine rings is 1. The van der Waals surface area contributed by atoms with Crippen LogP contribution < -0.4 is 10.3 Å². The number of rotatable bonds is 4. The van der Waals surface area contributed by atoms with E-state index >= 15 is 0 Å². The standard InChI is InChI=1S/C24H25F2N3O2/c1-23(2)16-9-10-24(23,3)21-20(16)22(30)29(18-7-6-15(25)11-17(18)26)28(21)13-14-5-8-19(31-4)27-12-14/h5-8,11-12,16H,9-10,13H2,1-4H3/t16-,24+/m0/s1. The lowest BCUT2D eigenvalue weighted by Gasteiger charge is -2.36. The molecule has 7 heteroatoms. The van der Waals surface area contributed by atoms with Crippen LogP contribution in [0.5, 0.6) is 5.88 Å². The van der Waals surface area contributed by atoms with Crippen LogP contribution in [-0.4, -0.2) is 21.5 Å². The maximum Gasteiger partial charge on any atom is 0.275 e. The molecule has 1 fully saturated rings. The molecular formula is C24H25F2N3O2. The molecular weight excluding hydrogens is 400 g/mol. The van der Waals surface area contributed by atoms with Gasteiger partial charge in [-0.15, -0.1) is 0 Å². The second-order valence-electron chi connectivity index (χ2n) is 9.39. The van der Waals surface area contributed by atoms with E-state index in [1.807, 2.05) is 10.7 Å². The molecule has 0 unspecified atom stereocenters. The van der Waals surface area contributed by atoms with Crippen molar-refractivity contribution in [3.05, 3.63) is 75.3 Å². The Morgan fingerprint density at radius 1 is 1.19 bits per heavy atom. The molecule has 31 heavy (non-hydrogen) atoms. The van der Waals surface area contributed by atoms with Crippen molar-refractivity contribution in [1.29, 1.82) is 0 Å². The molecule has 2 bridgehead atoms. The average Bonchev–Trinajstić information content (AvgIpc) is 3.21. The maximum absolute atomic E-state index is 14.8. The molecule has 5 nitrogen and oxygen atoms in total. The van der Waals surface area contributed by atoms with Crippen LogP contribution in [0.15, 0.2) is 41.3 Å². The number of halogens is 2. The van der Waals surface area contributed by atoms with Crippen LogP contribution in [0.1, 0.15) is 56.4 Å². The molecule has 5 rings (SSSR count). The molecule has 2 aromatic heterocycles. The Morgan fingerprint density at radius 2 is 1.97 bits per heavy atom. The molecule has 1 saturated carbocycles. The molecule has 0 saturated heterocycles. The Hall–Kier alpha value is -2.96. The predicted molar refractivity (Wildman–Crippen MR) is 113 cm³/mol. The van der Waals surface area contributed by atoms with Gasteiger partial charge < -0.3 is 4.74 Å². The molecule has 0 spiro atoms. The molecule has 0 N–H and O–H groups in total. The van der Waals surface area contributed by atoms with E-state index in [0.29, 0.717) is 12.4 Å². The van der Waals surface area contributed by atoms with E-state index in [0.717, 1.165) is 35.7 Å². The number of nitrogens with zero attached hydrogens (tertiary/aromatic N) is 3. The van der Waals surface area contributed by atoms with Gasteiger partial charge in [0.25, 0.3) is 5.56 Å². The summed E-state index contributed by atoms with van der Waals surface area (Å²) in [6, 6.07) is 6.98. The van der Waals surface area contributed by atoms with Crippen molar-refractivity contribution in [2.24, 2.45) is 5.41 Å². The first-order valence-corrected chi connectivity index (χ1v) is 10.5. The highest BCUT2D eigenvalue weighted by atomic mass is 19.1. The molecule has 2 heterocycles. The normalized spacial score (nSPS) is 23.2. The summed E-state index contributed by atoms with van der Waals surface area (Å²) in [4.78, 5) is 17.9. The third-order valence-electron chi connectivity index (χ3n) is 7.75. The van der Waals surface area contributed by atoms with E-state index < -0.39 is 11.6 Å². The summed E-state index contributed by atoms with van der Waals surface area (Å²) in [5.74, 6) is -0.822. The Morgan fingerprint density at radius 3 is 2.61 bits per heavy atom. The Balaban J connectivity index is 1.76. The van der Waals surface area contributed by atoms with Gasteiger partial charge in [0.05, 0.1) is 19.3 Å². The minimum Gasteiger partial charge on any atom is -0.481 e. The summed E-state index contributed by atoms with van der Waals surface area (Å²) < 4.78 is 36.8. The van der Waals surface area contributed by atoms with E-state index in [-0.39, 0.29) is 28.0 Å². The second-order valence-corrected chi connectivity index (χ2v) is 9.39. The molecule has 0 aliphatic heterocycles. The summed E-state index contributed by atoms with van der Waals surface area (Å²) in [7, 11) is 1.55. The minimum absolute atomic E-state index is 0.0584. The summed E-state index contributed by atoms with van der Waals surface area (Å²) in [6.45, 7) is 6.97. The van der Waals surface area contributed by atoms with Gasteiger partial charge in [-0.3, -0.25) is 9.48 Å². The lowest BCUT2D eigenvalue weighted by molar-refractivity contribution is 0.216. The van der Waals surface area contributed by atoms with Crippen molar-refractivity contribution in [1.82, 2.24) is 14.3 Å². The number of aromatic nitrogens is 3. The van der Waals surface area contributed by atoms with Crippen LogP contribution in [0.2, 0.25) is 0 Å². The monoisotopic (exact) mass is 425 g/mol. The maximum atomic E-state index is 14.8. The number of hydrogen-bond acceptors (Lipinski definition) is 3. The fourth-order valence-corrected chi connectivity index (χ4v) is 5.73. The first-order chi connectivity index (χ1) is 14.7. The molecule has 2 atom stereocenters. The predicted octanol–water partition coefficient (Wildman–Crippen LogP) is 4.54. The summed E-state index contributed by atoms with van der Waals surface area (Å²) >= 11 is 0. The van der Waals surface area contributed by atoms with Crippen LogP contribution >= 0.6 is 0 Å². The molecule has 0 radical (unpaired) electrons. The topological polar surface area (TPSA) is 49.0 Å². The zero-order valence-electron chi connectivity index (χ0n) is 18.1. The van der Waals surface area contributed by atoms with E-state index in [2.05, 4.69) is 25.8 Å². The Kier molecular flexibility index (Phi) is 4.20. The van der Waals surface area contributed by atoms with E-state index in [1.165, 1.54) is 16.8 Å². The average molecular weight is 425 g/mol. The number of methoxy groups -OCH3 is 1. The van der Waals surface area contributed by atoms with E-state index in [4.69, 9.17) is 4.74 Å². The largest absolute Gasteiger partial charge is 0.481 e. The van der Waals surface area contributed by atoms with Gasteiger partial charge in [0.15, 0.2) is 5.82 Å². The van der Waals surface area contributed by atoms with Gasteiger partial charge in [0.2, 0.25) is 5.88 Å². The summed E-state index contributed by atoms with van der Waals surface area (Å²) in [5, 5.41) is 0. The first-order valence-electron chi connectivity index (χ1n) is 10.5. The number of fused-ring (bicyclic) bond motifs is 5. The minimum atomic E-state index is -0.760. The lowest BCUT2D eigenvalue weighted by atomic mass is 9.70. The van der Waals surface area contributed by atoms with Gasteiger partial charge in [0.1, 0.15) is 11.5 Å². The van der Waals surface area contributed by atoms with Crippen molar-refractivity contribution < 1.29 is 13.5 Å². The number of benzene rings is 1. The van der Waals surface area contributed by atoms with Gasteiger partial charge in [0, 0.05) is 29.3 Å². The van der Waals surface area contributed by atoms with Crippen LogP contribution in [-0.2, 0) is 12.0 Å². The van der Waals surface area contributed by atoms with Gasteiger partial charge >= 0.3 is 0 Å². The highest BCUT2D eigenvalue weighted by molar-refractivity contribution is 5.48. The van der Waals surface area contributed by atoms with E-state index in [9.17, 15) is 13.6 Å². The van der Waals surface area contributed by atoms with Crippen molar-refractivity contribution in [2.45, 2.75) is 51.5 Å². The number of hydrogen-bond donors (Lipinski definition) is 0. The Bertz CT molecular complexity index is 1240. The van der Waals surface area contributed by atoms with Crippen LogP contribution in [0.25, 0.3) is 5.69 Å². The molecule has 2 aliphatic rings. The first kappa shape index (κ1) is 20.0. The molecule has 1 aromatic carbocycles. The zero-order chi connectivity index (χ0) is 22.1. The van der Waals surface area contributed by atoms with Gasteiger partial charge in [-0.1, -0.05) is 26.8 Å². The fourth-order valence-electron chi connectivity index (χ4n) is 5.73. The molecule has 2 aliphatic carbocycles. The Labute approximate surface area is 179 Å². The van der Waals surface area contributed by atoms with E-state index in [1.54, 1.807) is 19.4 Å². The third-order valence-corrected chi connectivity index (χ3v) is 7.75. The van der Waals surface area contributed by atoms with Crippen molar-refractivity contribution in [3.63, 3.8) is 0 Å². The fraction of sp³-hybridized carbons (Fsp3) is 0.417. The molecule has 3 aromatic rings. The van der Waals surface area contributed by atoms with Crippen LogP contribution in [0.3, 0.4) is 0 Å². The van der Waals surface area contributed by atoms with Crippen molar-refractivity contribution in [3.8, 4) is 11.6 Å². The highest BCUT2D eigenvalue weighted by Crippen LogP contribution is 2.67. The zero-order valence-corrected chi connectivity index (χ0v) is 18.1. The molecule has 0 amide bonds.